The van der Waals surface area contributed by atoms with Gasteiger partial charge in [-0.15, -0.1) is 0 Å². The number of aromatic hydroxyl groups is 1. The van der Waals surface area contributed by atoms with E-state index in [4.69, 9.17) is 4.74 Å². The van der Waals surface area contributed by atoms with Gasteiger partial charge in [0.05, 0.1) is 5.71 Å². The lowest BCUT2D eigenvalue weighted by Crippen LogP contribution is -2.26. The second-order valence-electron chi connectivity index (χ2n) is 4.85. The lowest BCUT2D eigenvalue weighted by molar-refractivity contribution is -0.123. The van der Waals surface area contributed by atoms with Crippen molar-refractivity contribution in [1.82, 2.24) is 5.43 Å². The molecular weight excluding hydrogens is 318 g/mol. The van der Waals surface area contributed by atoms with Crippen LogP contribution in [0.4, 0.5) is 8.78 Å². The van der Waals surface area contributed by atoms with Gasteiger partial charge in [0.1, 0.15) is 23.1 Å². The van der Waals surface area contributed by atoms with E-state index < -0.39 is 17.5 Å². The highest BCUT2D eigenvalue weighted by atomic mass is 19.1. The molecule has 0 fully saturated rings. The minimum Gasteiger partial charge on any atom is -0.507 e. The van der Waals surface area contributed by atoms with Gasteiger partial charge in [-0.25, -0.2) is 14.2 Å². The van der Waals surface area contributed by atoms with E-state index >= 15 is 0 Å². The Labute approximate surface area is 137 Å². The number of phenolic OH excluding ortho intramolecular Hbond substituents is 1. The van der Waals surface area contributed by atoms with Crippen molar-refractivity contribution in [1.29, 1.82) is 0 Å². The molecule has 0 radical (unpaired) electrons. The van der Waals surface area contributed by atoms with E-state index in [1.807, 2.05) is 0 Å². The number of carbonyl (C=O) groups excluding carboxylic acids is 1. The first-order chi connectivity index (χ1) is 11.5. The quantitative estimate of drug-likeness (QED) is 0.630. The number of hydrazone groups is 1. The SMILES string of the molecule is CCC(=NNC(=O)COc1ccc(F)cc1)c1cc(F)ccc1O. The molecule has 0 unspecified atom stereocenters. The second kappa shape index (κ2) is 8.05. The Morgan fingerprint density at radius 3 is 2.50 bits per heavy atom. The standard InChI is InChI=1S/C17H16F2N2O3/c1-2-15(14-9-12(19)5-8-16(14)22)20-21-17(23)10-24-13-6-3-11(18)4-7-13/h3-9,22H,2,10H2,1H3,(H,21,23). The lowest BCUT2D eigenvalue weighted by Gasteiger charge is -2.08. The van der Waals surface area contributed by atoms with Crippen LogP contribution in [0, 0.1) is 11.6 Å². The number of ether oxygens (including phenoxy) is 1. The molecule has 2 aromatic rings. The number of phenols is 1. The second-order valence-corrected chi connectivity index (χ2v) is 4.85. The van der Waals surface area contributed by atoms with Crippen molar-refractivity contribution in [2.24, 2.45) is 5.10 Å². The Balaban J connectivity index is 1.98. The van der Waals surface area contributed by atoms with E-state index in [2.05, 4.69) is 10.5 Å². The maximum atomic E-state index is 13.3. The molecule has 0 bridgehead atoms. The van der Waals surface area contributed by atoms with E-state index in [1.54, 1.807) is 6.92 Å². The third-order valence-corrected chi connectivity index (χ3v) is 3.10. The molecule has 0 aromatic heterocycles. The van der Waals surface area contributed by atoms with Crippen LogP contribution >= 0.6 is 0 Å². The molecule has 5 nitrogen and oxygen atoms in total. The van der Waals surface area contributed by atoms with Crippen molar-refractivity contribution in [3.05, 3.63) is 59.7 Å². The molecule has 0 spiro atoms. The molecule has 0 aliphatic rings. The molecule has 24 heavy (non-hydrogen) atoms. The van der Waals surface area contributed by atoms with Crippen molar-refractivity contribution in [2.75, 3.05) is 6.61 Å². The molecule has 2 aromatic carbocycles. The number of nitrogens with zero attached hydrogens (tertiary/aromatic N) is 1. The summed E-state index contributed by atoms with van der Waals surface area (Å²) in [6, 6.07) is 8.71. The number of halogens is 2. The normalized spacial score (nSPS) is 11.2. The molecular formula is C17H16F2N2O3. The largest absolute Gasteiger partial charge is 0.507 e. The average molecular weight is 334 g/mol. The number of amides is 1. The summed E-state index contributed by atoms with van der Waals surface area (Å²) >= 11 is 0. The first kappa shape index (κ1) is 17.4. The predicted molar refractivity (Wildman–Crippen MR) is 84.9 cm³/mol. The summed E-state index contributed by atoms with van der Waals surface area (Å²) < 4.78 is 31.2. The molecule has 0 heterocycles. The summed E-state index contributed by atoms with van der Waals surface area (Å²) in [5.41, 5.74) is 2.80. The third-order valence-electron chi connectivity index (χ3n) is 3.10. The zero-order valence-electron chi connectivity index (χ0n) is 12.9. The van der Waals surface area contributed by atoms with Crippen LogP contribution < -0.4 is 10.2 Å². The van der Waals surface area contributed by atoms with Crippen molar-refractivity contribution >= 4 is 11.6 Å². The van der Waals surface area contributed by atoms with Gasteiger partial charge < -0.3 is 9.84 Å². The van der Waals surface area contributed by atoms with Crippen molar-refractivity contribution in [3.63, 3.8) is 0 Å². The average Bonchev–Trinajstić information content (AvgIpc) is 2.58. The van der Waals surface area contributed by atoms with Crippen molar-refractivity contribution in [2.45, 2.75) is 13.3 Å². The first-order valence-corrected chi connectivity index (χ1v) is 7.22. The Morgan fingerprint density at radius 2 is 1.83 bits per heavy atom. The van der Waals surface area contributed by atoms with Crippen LogP contribution in [-0.2, 0) is 4.79 Å². The van der Waals surface area contributed by atoms with E-state index in [1.165, 1.54) is 30.3 Å². The number of hydrogen-bond donors (Lipinski definition) is 2. The summed E-state index contributed by atoms with van der Waals surface area (Å²) in [5, 5.41) is 13.7. The number of hydrogen-bond acceptors (Lipinski definition) is 4. The fraction of sp³-hybridized carbons (Fsp3) is 0.176. The van der Waals surface area contributed by atoms with E-state index in [-0.39, 0.29) is 17.9 Å². The maximum absolute atomic E-state index is 13.3. The Morgan fingerprint density at radius 1 is 1.17 bits per heavy atom. The number of benzene rings is 2. The van der Waals surface area contributed by atoms with Crippen molar-refractivity contribution < 1.29 is 23.4 Å². The molecule has 0 saturated heterocycles. The van der Waals surface area contributed by atoms with Gasteiger partial charge in [-0.05, 0) is 48.9 Å². The van der Waals surface area contributed by atoms with E-state index in [0.717, 1.165) is 12.1 Å². The van der Waals surface area contributed by atoms with Crippen LogP contribution in [0.5, 0.6) is 11.5 Å². The summed E-state index contributed by atoms with van der Waals surface area (Å²) in [5.74, 6) is -1.25. The van der Waals surface area contributed by atoms with Crippen LogP contribution in [0.15, 0.2) is 47.6 Å². The van der Waals surface area contributed by atoms with Gasteiger partial charge in [-0.2, -0.15) is 5.10 Å². The zero-order chi connectivity index (χ0) is 17.5. The number of carbonyl (C=O) groups is 1. The van der Waals surface area contributed by atoms with E-state index in [0.29, 0.717) is 17.9 Å². The highest BCUT2D eigenvalue weighted by Gasteiger charge is 2.10. The van der Waals surface area contributed by atoms with Gasteiger partial charge >= 0.3 is 0 Å². The number of rotatable bonds is 6. The van der Waals surface area contributed by atoms with Gasteiger partial charge in [-0.3, -0.25) is 4.79 Å². The molecule has 2 N–H and O–H groups in total. The minimum atomic E-state index is -0.541. The summed E-state index contributed by atoms with van der Waals surface area (Å²) in [6.45, 7) is 1.44. The van der Waals surface area contributed by atoms with Crippen LogP contribution in [-0.4, -0.2) is 23.3 Å². The highest BCUT2D eigenvalue weighted by Crippen LogP contribution is 2.20. The smallest absolute Gasteiger partial charge is 0.277 e. The lowest BCUT2D eigenvalue weighted by atomic mass is 10.1. The predicted octanol–water partition coefficient (Wildman–Crippen LogP) is 2.98. The van der Waals surface area contributed by atoms with Crippen LogP contribution in [0.2, 0.25) is 0 Å². The first-order valence-electron chi connectivity index (χ1n) is 7.22. The van der Waals surface area contributed by atoms with E-state index in [9.17, 15) is 18.7 Å². The molecule has 126 valence electrons. The Kier molecular flexibility index (Phi) is 5.83. The van der Waals surface area contributed by atoms with Crippen LogP contribution in [0.1, 0.15) is 18.9 Å². The fourth-order valence-corrected chi connectivity index (χ4v) is 1.91. The third kappa shape index (κ3) is 4.77. The zero-order valence-corrected chi connectivity index (χ0v) is 12.9. The summed E-state index contributed by atoms with van der Waals surface area (Å²) in [7, 11) is 0. The molecule has 1 amide bonds. The van der Waals surface area contributed by atoms with Gasteiger partial charge in [0.2, 0.25) is 0 Å². The molecule has 0 atom stereocenters. The van der Waals surface area contributed by atoms with Crippen LogP contribution in [0.25, 0.3) is 0 Å². The number of nitrogens with one attached hydrogen (secondary N) is 1. The monoisotopic (exact) mass is 334 g/mol. The topological polar surface area (TPSA) is 70.9 Å². The molecule has 2 rings (SSSR count). The fourth-order valence-electron chi connectivity index (χ4n) is 1.91. The highest BCUT2D eigenvalue weighted by molar-refractivity contribution is 6.03. The van der Waals surface area contributed by atoms with Gasteiger partial charge in [0.25, 0.3) is 5.91 Å². The molecule has 0 aliphatic heterocycles. The van der Waals surface area contributed by atoms with Gasteiger partial charge in [-0.1, -0.05) is 6.92 Å². The van der Waals surface area contributed by atoms with Crippen molar-refractivity contribution in [3.8, 4) is 11.5 Å². The van der Waals surface area contributed by atoms with Crippen LogP contribution in [0.3, 0.4) is 0 Å². The molecule has 0 saturated carbocycles. The molecule has 7 heteroatoms. The Bertz CT molecular complexity index is 746. The Hall–Kier alpha value is -2.96. The maximum Gasteiger partial charge on any atom is 0.277 e. The summed E-state index contributed by atoms with van der Waals surface area (Å²) in [4.78, 5) is 11.7. The molecule has 0 aliphatic carbocycles. The van der Waals surface area contributed by atoms with Gasteiger partial charge in [0, 0.05) is 5.56 Å². The van der Waals surface area contributed by atoms with Gasteiger partial charge in [0.15, 0.2) is 6.61 Å². The summed E-state index contributed by atoms with van der Waals surface area (Å²) in [6.07, 6.45) is 0.371. The minimum absolute atomic E-state index is 0.131.